The first-order chi connectivity index (χ1) is 34.9. The van der Waals surface area contributed by atoms with Gasteiger partial charge in [0.2, 0.25) is 0 Å². The topological polar surface area (TPSA) is 12.0 Å². The van der Waals surface area contributed by atoms with Crippen LogP contribution in [0.3, 0.4) is 0 Å². The standard InChI is InChI=1S/C68H55BNS/c1-36-17-57(52-29-54-53-19-39-9-5-6-10-40(39)21-61(53)71-62(54)30-60(52)70-50-15-12-38(13-16-50)37-7-3-2-4-8-37)64-58(18-36)55-20-41-11-14-42(65-31-46-22-44-23-47(32-65)67(44,46)35-65)26-51(41)56-27-43(28-59(69-64)63(55)56)66-33-48-24-45-25-49(34-66)68(45,48)66/h2-19,21,26-30,44-49,55,70H,20,22-25,31-35H2,1H3. The Morgan fingerprint density at radius 2 is 1.28 bits per heavy atom. The third-order valence-corrected chi connectivity index (χ3v) is 24.3. The van der Waals surface area contributed by atoms with E-state index in [1.54, 1.807) is 33.4 Å². The van der Waals surface area contributed by atoms with Gasteiger partial charge in [-0.25, -0.2) is 0 Å². The van der Waals surface area contributed by atoms with Crippen molar-refractivity contribution in [2.75, 3.05) is 5.32 Å². The minimum absolute atomic E-state index is 0.326. The van der Waals surface area contributed by atoms with E-state index in [-0.39, 0.29) is 0 Å². The first kappa shape index (κ1) is 38.7. The van der Waals surface area contributed by atoms with Gasteiger partial charge in [-0.3, -0.25) is 0 Å². The van der Waals surface area contributed by atoms with Crippen molar-refractivity contribution in [2.45, 2.75) is 87.9 Å². The number of fused-ring (bicyclic) bond motifs is 9. The molecule has 2 heterocycles. The molecule has 1 aliphatic heterocycles. The predicted molar refractivity (Wildman–Crippen MR) is 295 cm³/mol. The maximum Gasteiger partial charge on any atom is 0.193 e. The molecule has 8 saturated carbocycles. The van der Waals surface area contributed by atoms with E-state index in [2.05, 4.69) is 165 Å². The van der Waals surface area contributed by atoms with Gasteiger partial charge in [0.1, 0.15) is 0 Å². The highest BCUT2D eigenvalue weighted by atomic mass is 32.1. The minimum atomic E-state index is 0.326. The summed E-state index contributed by atoms with van der Waals surface area (Å²) in [5.41, 5.74) is 25.2. The number of aryl methyl sites for hydroxylation is 1. The van der Waals surface area contributed by atoms with E-state index in [0.717, 1.165) is 53.0 Å². The lowest BCUT2D eigenvalue weighted by Gasteiger charge is -2.91. The summed E-state index contributed by atoms with van der Waals surface area (Å²) in [7, 11) is 2.70. The Kier molecular flexibility index (Phi) is 6.90. The van der Waals surface area contributed by atoms with E-state index in [0.29, 0.717) is 22.2 Å². The van der Waals surface area contributed by atoms with Crippen LogP contribution >= 0.6 is 11.3 Å². The Hall–Kier alpha value is -5.90. The average molecular weight is 929 g/mol. The molecule has 2 spiro atoms. The van der Waals surface area contributed by atoms with Crippen LogP contribution in [0.1, 0.15) is 97.1 Å². The summed E-state index contributed by atoms with van der Waals surface area (Å²) in [6.07, 6.45) is 14.4. The van der Waals surface area contributed by atoms with Gasteiger partial charge in [-0.05, 0) is 226 Å². The van der Waals surface area contributed by atoms with Crippen LogP contribution in [-0.4, -0.2) is 7.28 Å². The summed E-state index contributed by atoms with van der Waals surface area (Å²) in [6.45, 7) is 2.35. The van der Waals surface area contributed by atoms with E-state index in [1.807, 2.05) is 11.3 Å². The molecule has 71 heavy (non-hydrogen) atoms. The van der Waals surface area contributed by atoms with Gasteiger partial charge < -0.3 is 5.32 Å². The molecule has 19 rings (SSSR count). The summed E-state index contributed by atoms with van der Waals surface area (Å²) in [5.74, 6) is 6.34. The first-order valence-electron chi connectivity index (χ1n) is 27.5. The fraction of sp³-hybridized carbons (Fsp3) is 0.324. The van der Waals surface area contributed by atoms with Gasteiger partial charge in [-0.15, -0.1) is 11.3 Å². The summed E-state index contributed by atoms with van der Waals surface area (Å²) in [5, 5.41) is 9.36. The molecule has 1 radical (unpaired) electrons. The van der Waals surface area contributed by atoms with Gasteiger partial charge >= 0.3 is 0 Å². The molecule has 3 heteroatoms. The minimum Gasteiger partial charge on any atom is -0.355 e. The molecule has 5 atom stereocenters. The molecule has 5 unspecified atom stereocenters. The third-order valence-electron chi connectivity index (χ3n) is 23.1. The van der Waals surface area contributed by atoms with Crippen LogP contribution in [-0.2, 0) is 17.3 Å². The molecule has 0 saturated heterocycles. The van der Waals surface area contributed by atoms with Crippen molar-refractivity contribution in [2.24, 2.45) is 46.3 Å². The Balaban J connectivity index is 0.797. The maximum atomic E-state index is 4.05. The van der Waals surface area contributed by atoms with Crippen LogP contribution in [0.15, 0.2) is 146 Å². The number of hydrogen-bond acceptors (Lipinski definition) is 2. The fourth-order valence-corrected chi connectivity index (χ4v) is 21.6. The fourth-order valence-electron chi connectivity index (χ4n) is 20.5. The van der Waals surface area contributed by atoms with Crippen molar-refractivity contribution in [3.8, 4) is 33.4 Å². The number of thiophene rings is 1. The molecular formula is C68H55BNS. The molecule has 1 N–H and O–H groups in total. The highest BCUT2D eigenvalue weighted by Gasteiger charge is 2.87. The van der Waals surface area contributed by atoms with E-state index in [9.17, 15) is 0 Å². The zero-order chi connectivity index (χ0) is 45.9. The highest BCUT2D eigenvalue weighted by Crippen LogP contribution is 2.92. The lowest BCUT2D eigenvalue weighted by Crippen LogP contribution is -2.87. The lowest BCUT2D eigenvalue weighted by molar-refractivity contribution is -0.395. The molecule has 10 aliphatic rings. The van der Waals surface area contributed by atoms with E-state index in [4.69, 9.17) is 0 Å². The zero-order valence-electron chi connectivity index (χ0n) is 40.5. The van der Waals surface area contributed by atoms with Crippen molar-refractivity contribution < 1.29 is 0 Å². The highest BCUT2D eigenvalue weighted by molar-refractivity contribution is 7.26. The Morgan fingerprint density at radius 1 is 0.563 bits per heavy atom. The van der Waals surface area contributed by atoms with E-state index in [1.165, 1.54) is 139 Å². The van der Waals surface area contributed by atoms with Gasteiger partial charge in [-0.2, -0.15) is 0 Å². The number of rotatable bonds is 6. The van der Waals surface area contributed by atoms with Gasteiger partial charge in [-0.1, -0.05) is 126 Å². The molecule has 0 amide bonds. The number of benzene rings is 8. The van der Waals surface area contributed by atoms with Crippen LogP contribution < -0.4 is 16.2 Å². The van der Waals surface area contributed by atoms with Crippen LogP contribution in [0, 0.1) is 53.3 Å². The van der Waals surface area contributed by atoms with Crippen molar-refractivity contribution >= 4 is 71.9 Å². The molecule has 2 bridgehead atoms. The summed E-state index contributed by atoms with van der Waals surface area (Å²) in [6, 6.07) is 57.4. The second-order valence-corrected chi connectivity index (χ2v) is 26.5. The second-order valence-electron chi connectivity index (χ2n) is 25.4. The molecular weight excluding hydrogens is 874 g/mol. The van der Waals surface area contributed by atoms with E-state index < -0.39 is 0 Å². The van der Waals surface area contributed by atoms with Crippen LogP contribution in [0.4, 0.5) is 11.4 Å². The van der Waals surface area contributed by atoms with Gasteiger partial charge in [0.25, 0.3) is 0 Å². The smallest absolute Gasteiger partial charge is 0.193 e. The summed E-state index contributed by atoms with van der Waals surface area (Å²) >= 11 is 1.93. The third kappa shape index (κ3) is 4.47. The van der Waals surface area contributed by atoms with Gasteiger partial charge in [0.05, 0.1) is 0 Å². The molecule has 8 fully saturated rings. The predicted octanol–water partition coefficient (Wildman–Crippen LogP) is 15.7. The van der Waals surface area contributed by atoms with Gasteiger partial charge in [0.15, 0.2) is 7.28 Å². The second kappa shape index (κ2) is 12.6. The lowest BCUT2D eigenvalue weighted by atomic mass is 9.12. The van der Waals surface area contributed by atoms with Crippen molar-refractivity contribution in [1.29, 1.82) is 0 Å². The normalized spacial score (nSPS) is 33.6. The van der Waals surface area contributed by atoms with Crippen molar-refractivity contribution in [3.05, 3.63) is 179 Å². The van der Waals surface area contributed by atoms with Crippen LogP contribution in [0.5, 0.6) is 0 Å². The van der Waals surface area contributed by atoms with Gasteiger partial charge in [0, 0.05) is 48.4 Å². The Labute approximate surface area is 421 Å². The molecule has 9 aliphatic carbocycles. The van der Waals surface area contributed by atoms with E-state index >= 15 is 0 Å². The monoisotopic (exact) mass is 928 g/mol. The molecule has 9 aromatic rings. The molecule has 1 aromatic heterocycles. The summed E-state index contributed by atoms with van der Waals surface area (Å²) in [4.78, 5) is 0. The number of anilines is 2. The first-order valence-corrected chi connectivity index (χ1v) is 28.3. The average Bonchev–Trinajstić information content (AvgIpc) is 4.00. The number of hydrogen-bond donors (Lipinski definition) is 1. The van der Waals surface area contributed by atoms with Crippen LogP contribution in [0.25, 0.3) is 64.3 Å². The zero-order valence-corrected chi connectivity index (χ0v) is 41.3. The SMILES string of the molecule is Cc1cc(-c2cc3c(cc2Nc2ccc(-c4ccccc4)cc2)sc2cc4ccccc4cc23)c2c(c1)C1Cc3ccc(C45CC6CC7CC(C4)C76C5)cc3-c3cc(C45CC6CC7CC(C4)C765)cc(c31)[B]2. The Bertz CT molecular complexity index is 3890. The molecule has 1 nitrogen and oxygen atoms in total. The van der Waals surface area contributed by atoms with Crippen molar-refractivity contribution in [3.63, 3.8) is 0 Å². The van der Waals surface area contributed by atoms with Crippen LogP contribution in [0.2, 0.25) is 0 Å². The number of nitrogens with one attached hydrogen (secondary N) is 1. The quantitative estimate of drug-likeness (QED) is 0.164. The van der Waals surface area contributed by atoms with Crippen molar-refractivity contribution in [1.82, 2.24) is 0 Å². The molecule has 8 aromatic carbocycles. The molecule has 341 valence electrons. The maximum absolute atomic E-state index is 4.05. The summed E-state index contributed by atoms with van der Waals surface area (Å²) < 4.78 is 2.68. The Morgan fingerprint density at radius 3 is 2.04 bits per heavy atom. The largest absolute Gasteiger partial charge is 0.355 e.